The van der Waals surface area contributed by atoms with Crippen LogP contribution in [-0.4, -0.2) is 0 Å². The summed E-state index contributed by atoms with van der Waals surface area (Å²) in [5, 5.41) is 0. The van der Waals surface area contributed by atoms with E-state index in [4.69, 9.17) is 0 Å². The average molecular weight is 178 g/mol. The van der Waals surface area contributed by atoms with E-state index >= 15 is 0 Å². The molecular weight excluding hydrogens is 156 g/mol. The van der Waals surface area contributed by atoms with Gasteiger partial charge >= 0.3 is 0 Å². The molecule has 0 spiro atoms. The highest BCUT2D eigenvalue weighted by Crippen LogP contribution is 2.53. The molecule has 0 aromatic rings. The van der Waals surface area contributed by atoms with Gasteiger partial charge in [-0.2, -0.15) is 0 Å². The van der Waals surface area contributed by atoms with Crippen LogP contribution in [0.3, 0.4) is 0 Å². The van der Waals surface area contributed by atoms with Gasteiger partial charge in [0.05, 0.1) is 0 Å². The molecule has 3 aliphatic rings. The van der Waals surface area contributed by atoms with Gasteiger partial charge in [0.15, 0.2) is 0 Å². The molecule has 13 heavy (non-hydrogen) atoms. The van der Waals surface area contributed by atoms with E-state index in [1.165, 1.54) is 24.2 Å². The summed E-state index contributed by atoms with van der Waals surface area (Å²) < 4.78 is 0. The molecule has 0 aliphatic heterocycles. The van der Waals surface area contributed by atoms with Gasteiger partial charge in [-0.05, 0) is 55.8 Å². The zero-order valence-corrected chi connectivity index (χ0v) is 8.67. The van der Waals surface area contributed by atoms with Crippen LogP contribution in [0.15, 0.2) is 0 Å². The minimum atomic E-state index is 1.16. The Morgan fingerprint density at radius 2 is 1.08 bits per heavy atom. The molecule has 4 atom stereocenters. The van der Waals surface area contributed by atoms with Gasteiger partial charge in [-0.3, -0.25) is 0 Å². The molecule has 0 heteroatoms. The first-order valence-corrected chi connectivity index (χ1v) is 6.45. The first-order chi connectivity index (χ1) is 6.45. The van der Waals surface area contributed by atoms with Crippen molar-refractivity contribution in [3.63, 3.8) is 0 Å². The number of hydrogen-bond donors (Lipinski definition) is 0. The predicted molar refractivity (Wildman–Crippen MR) is 55.5 cm³/mol. The minimum Gasteiger partial charge on any atom is -0.0533 e. The van der Waals surface area contributed by atoms with Crippen LogP contribution >= 0.6 is 0 Å². The third-order valence-corrected chi connectivity index (χ3v) is 5.15. The number of hydrogen-bond acceptors (Lipinski definition) is 0. The molecule has 0 radical (unpaired) electrons. The van der Waals surface area contributed by atoms with Crippen molar-refractivity contribution in [3.8, 4) is 0 Å². The fraction of sp³-hybridized carbons (Fsp3) is 1.00. The van der Waals surface area contributed by atoms with Crippen molar-refractivity contribution < 1.29 is 0 Å². The average Bonchev–Trinajstić information content (AvgIpc) is 2.29. The molecule has 4 unspecified atom stereocenters. The molecule has 0 bridgehead atoms. The van der Waals surface area contributed by atoms with Crippen molar-refractivity contribution in [1.29, 1.82) is 0 Å². The summed E-state index contributed by atoms with van der Waals surface area (Å²) in [4.78, 5) is 0. The highest BCUT2D eigenvalue weighted by Gasteiger charge is 2.43. The Morgan fingerprint density at radius 3 is 1.85 bits per heavy atom. The minimum absolute atomic E-state index is 1.16. The molecule has 0 nitrogen and oxygen atoms in total. The Hall–Kier alpha value is 0. The second kappa shape index (κ2) is 3.29. The van der Waals surface area contributed by atoms with E-state index in [0.29, 0.717) is 0 Å². The van der Waals surface area contributed by atoms with E-state index in [1.54, 1.807) is 51.4 Å². The summed E-state index contributed by atoms with van der Waals surface area (Å²) in [6.07, 6.45) is 14.1. The van der Waals surface area contributed by atoms with Crippen LogP contribution in [0, 0.1) is 23.7 Å². The van der Waals surface area contributed by atoms with Crippen LogP contribution in [-0.2, 0) is 0 Å². The van der Waals surface area contributed by atoms with Crippen molar-refractivity contribution in [2.75, 3.05) is 0 Å². The summed E-state index contributed by atoms with van der Waals surface area (Å²) in [7, 11) is 0. The summed E-state index contributed by atoms with van der Waals surface area (Å²) in [5.41, 5.74) is 0. The number of fused-ring (bicyclic) bond motifs is 3. The van der Waals surface area contributed by atoms with Crippen LogP contribution < -0.4 is 0 Å². The van der Waals surface area contributed by atoms with Crippen LogP contribution in [0.1, 0.15) is 57.8 Å². The summed E-state index contributed by atoms with van der Waals surface area (Å²) in [5.74, 6) is 4.70. The van der Waals surface area contributed by atoms with Gasteiger partial charge in [-0.25, -0.2) is 0 Å². The molecule has 0 aromatic heterocycles. The van der Waals surface area contributed by atoms with Gasteiger partial charge in [-0.15, -0.1) is 0 Å². The lowest BCUT2D eigenvalue weighted by Crippen LogP contribution is -2.40. The van der Waals surface area contributed by atoms with Gasteiger partial charge in [0.1, 0.15) is 0 Å². The first kappa shape index (κ1) is 8.32. The molecule has 0 amide bonds. The van der Waals surface area contributed by atoms with E-state index in [-0.39, 0.29) is 0 Å². The lowest BCUT2D eigenvalue weighted by molar-refractivity contribution is 0.00695. The second-order valence-electron chi connectivity index (χ2n) is 5.64. The van der Waals surface area contributed by atoms with Gasteiger partial charge in [0, 0.05) is 0 Å². The van der Waals surface area contributed by atoms with Crippen LogP contribution in [0.5, 0.6) is 0 Å². The molecule has 3 aliphatic carbocycles. The monoisotopic (exact) mass is 178 g/mol. The Bertz CT molecular complexity index is 184. The van der Waals surface area contributed by atoms with Gasteiger partial charge in [-0.1, -0.05) is 25.7 Å². The SMILES string of the molecule is C1CCC2CCC3CCC3C2CC1. The quantitative estimate of drug-likeness (QED) is 0.526. The third-order valence-electron chi connectivity index (χ3n) is 5.15. The maximum absolute atomic E-state index is 1.59. The highest BCUT2D eigenvalue weighted by molar-refractivity contribution is 4.94. The summed E-state index contributed by atoms with van der Waals surface area (Å²) >= 11 is 0. The van der Waals surface area contributed by atoms with Gasteiger partial charge in [0.25, 0.3) is 0 Å². The van der Waals surface area contributed by atoms with Crippen LogP contribution in [0.4, 0.5) is 0 Å². The van der Waals surface area contributed by atoms with Crippen molar-refractivity contribution in [2.24, 2.45) is 23.7 Å². The van der Waals surface area contributed by atoms with Crippen LogP contribution in [0.2, 0.25) is 0 Å². The molecule has 0 saturated heterocycles. The topological polar surface area (TPSA) is 0 Å². The summed E-state index contributed by atoms with van der Waals surface area (Å²) in [6.45, 7) is 0. The Labute approximate surface area is 82.1 Å². The fourth-order valence-electron chi connectivity index (χ4n) is 4.28. The van der Waals surface area contributed by atoms with Gasteiger partial charge in [0.2, 0.25) is 0 Å². The van der Waals surface area contributed by atoms with E-state index in [0.717, 1.165) is 5.92 Å². The molecule has 74 valence electrons. The van der Waals surface area contributed by atoms with Crippen molar-refractivity contribution in [3.05, 3.63) is 0 Å². The van der Waals surface area contributed by atoms with Gasteiger partial charge < -0.3 is 0 Å². The number of rotatable bonds is 0. The summed E-state index contributed by atoms with van der Waals surface area (Å²) in [6, 6.07) is 0. The molecule has 0 aromatic carbocycles. The molecule has 3 saturated carbocycles. The van der Waals surface area contributed by atoms with Crippen molar-refractivity contribution >= 4 is 0 Å². The van der Waals surface area contributed by atoms with E-state index in [1.807, 2.05) is 0 Å². The predicted octanol–water partition coefficient (Wildman–Crippen LogP) is 4.00. The molecular formula is C13H22. The van der Waals surface area contributed by atoms with Crippen molar-refractivity contribution in [2.45, 2.75) is 57.8 Å². The third kappa shape index (κ3) is 1.33. The fourth-order valence-corrected chi connectivity index (χ4v) is 4.28. The van der Waals surface area contributed by atoms with E-state index in [2.05, 4.69) is 0 Å². The molecule has 3 fully saturated rings. The second-order valence-corrected chi connectivity index (χ2v) is 5.64. The maximum Gasteiger partial charge on any atom is -0.0355 e. The Balaban J connectivity index is 1.74. The molecule has 3 rings (SSSR count). The smallest absolute Gasteiger partial charge is 0.0355 e. The van der Waals surface area contributed by atoms with Crippen molar-refractivity contribution in [1.82, 2.24) is 0 Å². The lowest BCUT2D eigenvalue weighted by Gasteiger charge is -2.49. The normalized spacial score (nSPS) is 49.8. The lowest BCUT2D eigenvalue weighted by atomic mass is 9.56. The van der Waals surface area contributed by atoms with E-state index < -0.39 is 0 Å². The Morgan fingerprint density at radius 1 is 0.462 bits per heavy atom. The van der Waals surface area contributed by atoms with E-state index in [9.17, 15) is 0 Å². The largest absolute Gasteiger partial charge is 0.0533 e. The first-order valence-electron chi connectivity index (χ1n) is 6.45. The molecule has 0 N–H and O–H groups in total. The molecule has 0 heterocycles. The van der Waals surface area contributed by atoms with Crippen LogP contribution in [0.25, 0.3) is 0 Å². The zero-order chi connectivity index (χ0) is 8.67. The maximum atomic E-state index is 1.59. The Kier molecular flexibility index (Phi) is 2.11. The standard InChI is InChI=1S/C13H22/c1-2-4-10-6-7-11-8-9-13(11)12(10)5-3-1/h10-13H,1-9H2. The highest BCUT2D eigenvalue weighted by atomic mass is 14.5. The zero-order valence-electron chi connectivity index (χ0n) is 8.67.